The highest BCUT2D eigenvalue weighted by Gasteiger charge is 2.17. The Balaban J connectivity index is 4.10. The maximum Gasteiger partial charge on any atom is 0.132 e. The lowest BCUT2D eigenvalue weighted by atomic mass is 9.97. The quantitative estimate of drug-likeness (QED) is 0.364. The van der Waals surface area contributed by atoms with Crippen molar-refractivity contribution in [3.63, 3.8) is 0 Å². The Labute approximate surface area is 148 Å². The predicted molar refractivity (Wildman–Crippen MR) is 104 cm³/mol. The van der Waals surface area contributed by atoms with E-state index >= 15 is 0 Å². The van der Waals surface area contributed by atoms with Gasteiger partial charge in [-0.1, -0.05) is 59.0 Å². The molecule has 0 heterocycles. The molecule has 2 nitrogen and oxygen atoms in total. The Bertz CT molecular complexity index is 326. The molecule has 23 heavy (non-hydrogen) atoms. The summed E-state index contributed by atoms with van der Waals surface area (Å²) < 4.78 is 0. The minimum absolute atomic E-state index is 0.211. The first-order chi connectivity index (χ1) is 11.1. The summed E-state index contributed by atoms with van der Waals surface area (Å²) in [6, 6.07) is 0. The molecule has 0 aliphatic heterocycles. The summed E-state index contributed by atoms with van der Waals surface area (Å²) in [5.74, 6) is 0.609. The number of rotatable bonds is 15. The Morgan fingerprint density at radius 3 is 2.30 bits per heavy atom. The number of Topliss-reactive ketones (excluding diaryl/α,β-unsaturated/α-hetero) is 1. The Morgan fingerprint density at radius 1 is 1.04 bits per heavy atom. The maximum atomic E-state index is 11.7. The van der Waals surface area contributed by atoms with Crippen molar-refractivity contribution in [2.75, 3.05) is 6.26 Å². The van der Waals surface area contributed by atoms with Crippen LogP contribution >= 0.6 is 11.8 Å². The molecule has 0 unspecified atom stereocenters. The minimum atomic E-state index is -0.239. The number of carbonyl (C=O) groups is 1. The van der Waals surface area contributed by atoms with Crippen LogP contribution in [-0.2, 0) is 4.79 Å². The fourth-order valence-electron chi connectivity index (χ4n) is 2.72. The van der Waals surface area contributed by atoms with E-state index < -0.39 is 0 Å². The summed E-state index contributed by atoms with van der Waals surface area (Å²) >= 11 is 1.74. The molecule has 0 aromatic rings. The molecule has 0 radical (unpaired) electrons. The van der Waals surface area contributed by atoms with Gasteiger partial charge in [0.25, 0.3) is 0 Å². The summed E-state index contributed by atoms with van der Waals surface area (Å²) in [5, 5.41) is 10.4. The molecule has 0 aliphatic carbocycles. The van der Waals surface area contributed by atoms with Crippen LogP contribution in [-0.4, -0.2) is 23.2 Å². The number of ketones is 1. The van der Waals surface area contributed by atoms with Gasteiger partial charge in [-0.3, -0.25) is 4.79 Å². The molecule has 0 aromatic heterocycles. The minimum Gasteiger partial charge on any atom is -0.392 e. The number of aliphatic hydroxyl groups excluding tert-OH is 1. The largest absolute Gasteiger partial charge is 0.392 e. The van der Waals surface area contributed by atoms with Crippen LogP contribution in [0.1, 0.15) is 91.4 Å². The van der Waals surface area contributed by atoms with Crippen molar-refractivity contribution < 1.29 is 9.90 Å². The van der Waals surface area contributed by atoms with E-state index in [1.807, 2.05) is 0 Å². The second-order valence-electron chi connectivity index (χ2n) is 6.55. The zero-order chi connectivity index (χ0) is 17.5. The lowest BCUT2D eigenvalue weighted by molar-refractivity contribution is -0.119. The van der Waals surface area contributed by atoms with Crippen molar-refractivity contribution in [3.8, 4) is 0 Å². The molecule has 0 saturated heterocycles. The summed E-state index contributed by atoms with van der Waals surface area (Å²) in [6.45, 7) is 6.45. The third-order valence-electron chi connectivity index (χ3n) is 4.43. The maximum absolute atomic E-state index is 11.7. The van der Waals surface area contributed by atoms with Gasteiger partial charge in [0.15, 0.2) is 0 Å². The first kappa shape index (κ1) is 22.7. The van der Waals surface area contributed by atoms with E-state index in [-0.39, 0.29) is 12.0 Å². The average Bonchev–Trinajstić information content (AvgIpc) is 2.56. The van der Waals surface area contributed by atoms with Crippen molar-refractivity contribution in [3.05, 3.63) is 11.0 Å². The monoisotopic (exact) mass is 342 g/mol. The molecule has 0 spiro atoms. The van der Waals surface area contributed by atoms with Gasteiger partial charge in [0.1, 0.15) is 5.78 Å². The first-order valence-corrected chi connectivity index (χ1v) is 10.7. The topological polar surface area (TPSA) is 37.3 Å². The lowest BCUT2D eigenvalue weighted by Crippen LogP contribution is -2.18. The van der Waals surface area contributed by atoms with Crippen molar-refractivity contribution in [1.29, 1.82) is 0 Å². The second kappa shape index (κ2) is 15.3. The van der Waals surface area contributed by atoms with E-state index in [0.717, 1.165) is 44.9 Å². The molecule has 1 N–H and O–H groups in total. The summed E-state index contributed by atoms with van der Waals surface area (Å²) in [6.07, 6.45) is 15.2. The Morgan fingerprint density at radius 2 is 1.70 bits per heavy atom. The van der Waals surface area contributed by atoms with E-state index in [1.54, 1.807) is 11.8 Å². The van der Waals surface area contributed by atoms with Gasteiger partial charge in [0.2, 0.25) is 0 Å². The van der Waals surface area contributed by atoms with E-state index in [2.05, 4.69) is 33.1 Å². The van der Waals surface area contributed by atoms with Crippen LogP contribution in [0.25, 0.3) is 0 Å². The standard InChI is InChI=1S/C20H38O2S/c1-5-7-9-10-15-19(22)17(3)20(23-4)16-12-11-14-18(21)13-8-6-2/h16-17,19,22H,5-15H2,1-4H3/b20-16+/t17-,19+/m0/s1. The summed E-state index contributed by atoms with van der Waals surface area (Å²) in [7, 11) is 0. The van der Waals surface area contributed by atoms with Crippen LogP contribution in [0.15, 0.2) is 11.0 Å². The van der Waals surface area contributed by atoms with Crippen LogP contribution < -0.4 is 0 Å². The van der Waals surface area contributed by atoms with Crippen molar-refractivity contribution in [1.82, 2.24) is 0 Å². The lowest BCUT2D eigenvalue weighted by Gasteiger charge is -2.21. The van der Waals surface area contributed by atoms with Crippen LogP contribution in [0.2, 0.25) is 0 Å². The number of hydrogen-bond donors (Lipinski definition) is 1. The van der Waals surface area contributed by atoms with Gasteiger partial charge in [0.05, 0.1) is 6.10 Å². The van der Waals surface area contributed by atoms with E-state index in [1.165, 1.54) is 24.2 Å². The molecule has 0 aliphatic rings. The zero-order valence-electron chi connectivity index (χ0n) is 15.8. The van der Waals surface area contributed by atoms with Gasteiger partial charge in [-0.15, -0.1) is 11.8 Å². The van der Waals surface area contributed by atoms with Crippen LogP contribution in [0.3, 0.4) is 0 Å². The van der Waals surface area contributed by atoms with Crippen LogP contribution in [0.4, 0.5) is 0 Å². The molecule has 0 amide bonds. The molecule has 0 fully saturated rings. The molecule has 2 atom stereocenters. The molecule has 0 rings (SSSR count). The fourth-order valence-corrected chi connectivity index (χ4v) is 3.53. The van der Waals surface area contributed by atoms with Crippen molar-refractivity contribution in [2.24, 2.45) is 5.92 Å². The zero-order valence-corrected chi connectivity index (χ0v) is 16.6. The van der Waals surface area contributed by atoms with Gasteiger partial charge in [-0.2, -0.15) is 0 Å². The molecular weight excluding hydrogens is 304 g/mol. The van der Waals surface area contributed by atoms with Crippen LogP contribution in [0.5, 0.6) is 0 Å². The number of unbranched alkanes of at least 4 members (excludes halogenated alkanes) is 5. The highest BCUT2D eigenvalue weighted by Crippen LogP contribution is 2.28. The number of aliphatic hydroxyl groups is 1. The number of carbonyl (C=O) groups excluding carboxylic acids is 1. The normalized spacial score (nSPS) is 14.7. The molecule has 0 aromatic carbocycles. The molecular formula is C20H38O2S. The first-order valence-electron chi connectivity index (χ1n) is 9.50. The molecule has 136 valence electrons. The van der Waals surface area contributed by atoms with Gasteiger partial charge < -0.3 is 5.11 Å². The number of thioether (sulfide) groups is 1. The van der Waals surface area contributed by atoms with Gasteiger partial charge in [-0.05, 0) is 36.8 Å². The van der Waals surface area contributed by atoms with Crippen molar-refractivity contribution in [2.45, 2.75) is 97.5 Å². The van der Waals surface area contributed by atoms with Crippen molar-refractivity contribution >= 4 is 17.5 Å². The van der Waals surface area contributed by atoms with E-state index in [0.29, 0.717) is 12.2 Å². The predicted octanol–water partition coefficient (Wildman–Crippen LogP) is 6.13. The average molecular weight is 343 g/mol. The van der Waals surface area contributed by atoms with Gasteiger partial charge >= 0.3 is 0 Å². The van der Waals surface area contributed by atoms with Gasteiger partial charge in [0, 0.05) is 18.8 Å². The summed E-state index contributed by atoms with van der Waals surface area (Å²) in [5.41, 5.74) is 0. The van der Waals surface area contributed by atoms with E-state index in [4.69, 9.17) is 0 Å². The molecule has 3 heteroatoms. The molecule has 0 saturated carbocycles. The third kappa shape index (κ3) is 11.8. The Hall–Kier alpha value is -0.280. The third-order valence-corrected chi connectivity index (χ3v) is 5.44. The van der Waals surface area contributed by atoms with Crippen LogP contribution in [0, 0.1) is 5.92 Å². The highest BCUT2D eigenvalue weighted by molar-refractivity contribution is 8.02. The molecule has 0 bridgehead atoms. The highest BCUT2D eigenvalue weighted by atomic mass is 32.2. The SMILES string of the molecule is CCCCCC[C@@H](O)[C@H](C)/C(=C\CCCC(=O)CCCC)SC. The summed E-state index contributed by atoms with van der Waals surface area (Å²) in [4.78, 5) is 12.9. The number of allylic oxidation sites excluding steroid dienone is 1. The number of hydrogen-bond acceptors (Lipinski definition) is 3. The van der Waals surface area contributed by atoms with Gasteiger partial charge in [-0.25, -0.2) is 0 Å². The fraction of sp³-hybridized carbons (Fsp3) is 0.850. The smallest absolute Gasteiger partial charge is 0.132 e. The van der Waals surface area contributed by atoms with E-state index in [9.17, 15) is 9.90 Å². The second-order valence-corrected chi connectivity index (χ2v) is 7.43. The Kier molecular flexibility index (Phi) is 15.1.